The van der Waals surface area contributed by atoms with Crippen LogP contribution < -0.4 is 0 Å². The lowest BCUT2D eigenvalue weighted by Crippen LogP contribution is -1.83. The lowest BCUT2D eigenvalue weighted by atomic mass is 10.1. The molecule has 2 saturated carbocycles. The van der Waals surface area contributed by atoms with Crippen molar-refractivity contribution in [2.24, 2.45) is 23.7 Å². The summed E-state index contributed by atoms with van der Waals surface area (Å²) in [4.78, 5) is 0. The molecule has 0 unspecified atom stereocenters. The maximum Gasteiger partial charge on any atom is -0.0205 e. The highest BCUT2D eigenvalue weighted by atomic mass is 14.5. The summed E-state index contributed by atoms with van der Waals surface area (Å²) >= 11 is 0. The smallest absolute Gasteiger partial charge is 0.0205 e. The maximum absolute atomic E-state index is 3.82. The van der Waals surface area contributed by atoms with Gasteiger partial charge in [-0.15, -0.1) is 6.58 Å². The summed E-state index contributed by atoms with van der Waals surface area (Å²) in [5, 5.41) is 0. The van der Waals surface area contributed by atoms with Gasteiger partial charge in [0.15, 0.2) is 0 Å². The maximum atomic E-state index is 3.82. The highest BCUT2D eigenvalue weighted by Gasteiger charge is 2.42. The van der Waals surface area contributed by atoms with Gasteiger partial charge >= 0.3 is 0 Å². The summed E-state index contributed by atoms with van der Waals surface area (Å²) in [7, 11) is 0. The highest BCUT2D eigenvalue weighted by molar-refractivity contribution is 5.00. The fourth-order valence-electron chi connectivity index (χ4n) is 1.95. The third kappa shape index (κ3) is 1.12. The summed E-state index contributed by atoms with van der Waals surface area (Å²) in [6.45, 7) is 6.19. The molecule has 0 nitrogen and oxygen atoms in total. The van der Waals surface area contributed by atoms with E-state index in [1.165, 1.54) is 19.3 Å². The minimum Gasteiger partial charge on any atom is -0.103 e. The number of hydrogen-bond acceptors (Lipinski definition) is 0. The molecule has 0 aliphatic heterocycles. The van der Waals surface area contributed by atoms with Crippen LogP contribution in [0.2, 0.25) is 0 Å². The second-order valence-corrected chi connectivity index (χ2v) is 4.10. The Hall–Kier alpha value is -0.260. The van der Waals surface area contributed by atoms with Gasteiger partial charge in [-0.3, -0.25) is 0 Å². The lowest BCUT2D eigenvalue weighted by Gasteiger charge is -1.92. The molecule has 10 heavy (non-hydrogen) atoms. The number of rotatable bonds is 3. The minimum absolute atomic E-state index is 0.896. The molecule has 0 saturated heterocycles. The molecule has 0 spiro atoms. The largest absolute Gasteiger partial charge is 0.103 e. The minimum atomic E-state index is 0.896. The predicted molar refractivity (Wildman–Crippen MR) is 43.7 cm³/mol. The van der Waals surface area contributed by atoms with Crippen LogP contribution in [-0.2, 0) is 0 Å². The van der Waals surface area contributed by atoms with Crippen LogP contribution in [-0.4, -0.2) is 0 Å². The Labute approximate surface area is 63.3 Å². The molecule has 0 aromatic rings. The molecule has 0 amide bonds. The van der Waals surface area contributed by atoms with Crippen LogP contribution >= 0.6 is 0 Å². The van der Waals surface area contributed by atoms with E-state index in [0.717, 1.165) is 23.7 Å². The molecule has 56 valence electrons. The molecule has 0 heteroatoms. The molecule has 2 aliphatic carbocycles. The number of allylic oxidation sites excluding steroid dienone is 1. The van der Waals surface area contributed by atoms with Crippen molar-refractivity contribution in [3.8, 4) is 0 Å². The second-order valence-electron chi connectivity index (χ2n) is 4.10. The Morgan fingerprint density at radius 2 is 2.10 bits per heavy atom. The predicted octanol–water partition coefficient (Wildman–Crippen LogP) is 2.85. The van der Waals surface area contributed by atoms with Crippen LogP contribution in [0.25, 0.3) is 0 Å². The Bertz CT molecular complexity index is 148. The van der Waals surface area contributed by atoms with Gasteiger partial charge in [0.25, 0.3) is 0 Å². The van der Waals surface area contributed by atoms with E-state index < -0.39 is 0 Å². The van der Waals surface area contributed by atoms with E-state index in [9.17, 15) is 0 Å². The van der Waals surface area contributed by atoms with E-state index in [0.29, 0.717) is 0 Å². The molecule has 0 radical (unpaired) electrons. The summed E-state index contributed by atoms with van der Waals surface area (Å²) in [6, 6.07) is 0. The van der Waals surface area contributed by atoms with E-state index in [1.54, 1.807) is 0 Å². The molecule has 4 atom stereocenters. The van der Waals surface area contributed by atoms with Crippen LogP contribution in [0.1, 0.15) is 26.2 Å². The number of hydrogen-bond donors (Lipinski definition) is 0. The summed E-state index contributed by atoms with van der Waals surface area (Å²) < 4.78 is 0. The Balaban J connectivity index is 1.69. The van der Waals surface area contributed by atoms with Gasteiger partial charge in [-0.25, -0.2) is 0 Å². The van der Waals surface area contributed by atoms with Crippen LogP contribution in [0.4, 0.5) is 0 Å². The Morgan fingerprint density at radius 1 is 1.40 bits per heavy atom. The van der Waals surface area contributed by atoms with Gasteiger partial charge in [-0.2, -0.15) is 0 Å². The topological polar surface area (TPSA) is 0 Å². The monoisotopic (exact) mass is 136 g/mol. The van der Waals surface area contributed by atoms with Gasteiger partial charge in [0.1, 0.15) is 0 Å². The van der Waals surface area contributed by atoms with Crippen LogP contribution in [0.3, 0.4) is 0 Å². The molecular formula is C10H16. The highest BCUT2D eigenvalue weighted by Crippen LogP contribution is 2.51. The Morgan fingerprint density at radius 3 is 2.50 bits per heavy atom. The van der Waals surface area contributed by atoms with E-state index in [1.807, 2.05) is 0 Å². The van der Waals surface area contributed by atoms with Gasteiger partial charge in [-0.05, 0) is 42.9 Å². The Kier molecular flexibility index (Phi) is 1.36. The van der Waals surface area contributed by atoms with Crippen molar-refractivity contribution in [2.75, 3.05) is 0 Å². The van der Waals surface area contributed by atoms with Gasteiger partial charge < -0.3 is 0 Å². The molecular weight excluding hydrogens is 120 g/mol. The van der Waals surface area contributed by atoms with E-state index >= 15 is 0 Å². The zero-order chi connectivity index (χ0) is 7.14. The third-order valence-corrected chi connectivity index (χ3v) is 3.16. The zero-order valence-electron chi connectivity index (χ0n) is 6.72. The molecule has 2 aliphatic rings. The van der Waals surface area contributed by atoms with Crippen molar-refractivity contribution in [2.45, 2.75) is 26.2 Å². The second kappa shape index (κ2) is 2.11. The molecule has 0 aromatic heterocycles. The van der Waals surface area contributed by atoms with Crippen LogP contribution in [0, 0.1) is 23.7 Å². The van der Waals surface area contributed by atoms with Gasteiger partial charge in [0.05, 0.1) is 0 Å². The first-order chi connectivity index (χ1) is 4.81. The molecule has 0 N–H and O–H groups in total. The third-order valence-electron chi connectivity index (χ3n) is 3.16. The molecule has 0 bridgehead atoms. The van der Waals surface area contributed by atoms with Crippen molar-refractivity contribution in [1.29, 1.82) is 0 Å². The van der Waals surface area contributed by atoms with Crippen molar-refractivity contribution in [3.63, 3.8) is 0 Å². The van der Waals surface area contributed by atoms with Gasteiger partial charge in [0.2, 0.25) is 0 Å². The van der Waals surface area contributed by atoms with Crippen LogP contribution in [0.5, 0.6) is 0 Å². The molecule has 0 aromatic carbocycles. The van der Waals surface area contributed by atoms with Crippen molar-refractivity contribution < 1.29 is 0 Å². The average Bonchev–Trinajstić information content (AvgIpc) is 2.76. The molecule has 2 fully saturated rings. The first kappa shape index (κ1) is 6.45. The van der Waals surface area contributed by atoms with Crippen LogP contribution in [0.15, 0.2) is 12.7 Å². The van der Waals surface area contributed by atoms with Crippen molar-refractivity contribution >= 4 is 0 Å². The summed E-state index contributed by atoms with van der Waals surface area (Å²) in [6.07, 6.45) is 6.57. The van der Waals surface area contributed by atoms with Gasteiger partial charge in [0, 0.05) is 0 Å². The molecule has 0 heterocycles. The normalized spacial score (nSPS) is 50.5. The van der Waals surface area contributed by atoms with Gasteiger partial charge in [-0.1, -0.05) is 13.0 Å². The summed E-state index contributed by atoms with van der Waals surface area (Å²) in [5.74, 6) is 4.07. The SMILES string of the molecule is C=C[C@H]1C[C@H]1C[C@H]1C[C@@H]1C. The quantitative estimate of drug-likeness (QED) is 0.523. The fourth-order valence-corrected chi connectivity index (χ4v) is 1.95. The fraction of sp³-hybridized carbons (Fsp3) is 0.800. The van der Waals surface area contributed by atoms with Crippen molar-refractivity contribution in [3.05, 3.63) is 12.7 Å². The van der Waals surface area contributed by atoms with E-state index in [2.05, 4.69) is 19.6 Å². The molecule has 2 rings (SSSR count). The first-order valence-corrected chi connectivity index (χ1v) is 4.44. The summed E-state index contributed by atoms with van der Waals surface area (Å²) in [5.41, 5.74) is 0. The van der Waals surface area contributed by atoms with E-state index in [4.69, 9.17) is 0 Å². The zero-order valence-corrected chi connectivity index (χ0v) is 6.72. The lowest BCUT2D eigenvalue weighted by molar-refractivity contribution is 0.597. The van der Waals surface area contributed by atoms with E-state index in [-0.39, 0.29) is 0 Å². The average molecular weight is 136 g/mol. The van der Waals surface area contributed by atoms with Crippen molar-refractivity contribution in [1.82, 2.24) is 0 Å². The standard InChI is InChI=1S/C10H16/c1-3-8-5-10(8)6-9-4-7(9)2/h3,7-10H,1,4-6H2,2H3/t7-,8-,9+,10-/m0/s1. The first-order valence-electron chi connectivity index (χ1n) is 4.44.